The topological polar surface area (TPSA) is 154 Å². The molecular formula is C22H32N4O6. The van der Waals surface area contributed by atoms with E-state index < -0.39 is 17.5 Å². The Hall–Kier alpha value is -2.98. The highest BCUT2D eigenvalue weighted by Crippen LogP contribution is 2.22. The Bertz CT molecular complexity index is 951. The number of carboxylic acid groups (broad SMARTS) is 2. The number of aromatic nitrogens is 2. The minimum absolute atomic E-state index is 0.0947. The van der Waals surface area contributed by atoms with E-state index in [0.717, 1.165) is 36.7 Å². The van der Waals surface area contributed by atoms with Crippen molar-refractivity contribution >= 4 is 28.7 Å². The van der Waals surface area contributed by atoms with Gasteiger partial charge in [-0.3, -0.25) is 9.48 Å². The molecule has 0 saturated carbocycles. The fourth-order valence-corrected chi connectivity index (χ4v) is 3.58. The summed E-state index contributed by atoms with van der Waals surface area (Å²) in [5.41, 5.74) is 0.834. The number of carbonyl (C=O) groups is 3. The summed E-state index contributed by atoms with van der Waals surface area (Å²) >= 11 is 0. The molecule has 1 amide bonds. The summed E-state index contributed by atoms with van der Waals surface area (Å²) in [6, 6.07) is 8.49. The number of benzene rings is 1. The molecule has 176 valence electrons. The van der Waals surface area contributed by atoms with Gasteiger partial charge in [0.05, 0.1) is 11.1 Å². The van der Waals surface area contributed by atoms with Crippen molar-refractivity contribution < 1.29 is 29.7 Å². The minimum Gasteiger partial charge on any atom is -0.473 e. The van der Waals surface area contributed by atoms with E-state index in [-0.39, 0.29) is 18.0 Å². The van der Waals surface area contributed by atoms with Crippen LogP contribution in [0.1, 0.15) is 63.5 Å². The van der Waals surface area contributed by atoms with Crippen molar-refractivity contribution in [3.8, 4) is 0 Å². The maximum atomic E-state index is 12.8. The molecule has 2 aromatic rings. The molecule has 1 aromatic heterocycles. The van der Waals surface area contributed by atoms with Gasteiger partial charge in [-0.15, -0.1) is 0 Å². The number of amides is 1. The van der Waals surface area contributed by atoms with E-state index in [2.05, 4.69) is 29.6 Å². The summed E-state index contributed by atoms with van der Waals surface area (Å²) in [6.07, 6.45) is 2.53. The van der Waals surface area contributed by atoms with Crippen LogP contribution in [0.2, 0.25) is 0 Å². The number of rotatable bonds is 6. The summed E-state index contributed by atoms with van der Waals surface area (Å²) in [5, 5.41) is 36.7. The molecule has 1 aromatic carbocycles. The van der Waals surface area contributed by atoms with Crippen molar-refractivity contribution in [2.75, 3.05) is 6.54 Å². The summed E-state index contributed by atoms with van der Waals surface area (Å²) in [6.45, 7) is 8.55. The number of nitrogens with zero attached hydrogens (tertiary/aromatic N) is 2. The highest BCUT2D eigenvalue weighted by molar-refractivity contribution is 6.27. The molecule has 2 heterocycles. The number of carboxylic acids is 2. The zero-order chi connectivity index (χ0) is 24.1. The van der Waals surface area contributed by atoms with Gasteiger partial charge < -0.3 is 26.0 Å². The standard InChI is InChI=1S/C20H30N4O2.C2H2O4/c1-13(2)24-17-8-6-5-7-16(17)18(23-24)19(25)22-15-11-14(21-12-15)9-10-20(3,4)26;3-1(4)2(5)6/h5-8,13-15,21,26H,9-12H2,1-4H3,(H,22,25);(H,3,4)(H,5,6)/t14-,15+;/m1./s1. The number of hydrogen-bond acceptors (Lipinski definition) is 6. The molecule has 1 aliphatic rings. The fraction of sp³-hybridized carbons (Fsp3) is 0.545. The Labute approximate surface area is 186 Å². The molecule has 1 saturated heterocycles. The fourth-order valence-electron chi connectivity index (χ4n) is 3.58. The molecule has 0 radical (unpaired) electrons. The van der Waals surface area contributed by atoms with E-state index in [1.54, 1.807) is 0 Å². The van der Waals surface area contributed by atoms with Crippen molar-refractivity contribution in [2.45, 2.75) is 70.7 Å². The molecule has 0 unspecified atom stereocenters. The molecular weight excluding hydrogens is 416 g/mol. The molecule has 0 bridgehead atoms. The van der Waals surface area contributed by atoms with Gasteiger partial charge in [0.25, 0.3) is 5.91 Å². The van der Waals surface area contributed by atoms with Crippen LogP contribution in [-0.4, -0.2) is 67.2 Å². The van der Waals surface area contributed by atoms with Crippen molar-refractivity contribution in [1.82, 2.24) is 20.4 Å². The molecule has 32 heavy (non-hydrogen) atoms. The Kier molecular flexibility index (Phi) is 8.34. The maximum absolute atomic E-state index is 12.8. The van der Waals surface area contributed by atoms with Crippen LogP contribution in [0.15, 0.2) is 24.3 Å². The number of carbonyl (C=O) groups excluding carboxylic acids is 1. The normalized spacial score (nSPS) is 18.3. The second-order valence-electron chi connectivity index (χ2n) is 8.88. The van der Waals surface area contributed by atoms with Crippen LogP contribution in [-0.2, 0) is 9.59 Å². The minimum atomic E-state index is -1.82. The smallest absolute Gasteiger partial charge is 0.414 e. The van der Waals surface area contributed by atoms with Crippen LogP contribution in [0.3, 0.4) is 0 Å². The van der Waals surface area contributed by atoms with Crippen LogP contribution in [0.4, 0.5) is 0 Å². The van der Waals surface area contributed by atoms with Crippen molar-refractivity contribution in [3.05, 3.63) is 30.0 Å². The van der Waals surface area contributed by atoms with Crippen LogP contribution in [0.25, 0.3) is 10.9 Å². The van der Waals surface area contributed by atoms with Gasteiger partial charge in [-0.25, -0.2) is 9.59 Å². The van der Waals surface area contributed by atoms with Crippen LogP contribution in [0, 0.1) is 0 Å². The largest absolute Gasteiger partial charge is 0.473 e. The van der Waals surface area contributed by atoms with Crippen molar-refractivity contribution in [3.63, 3.8) is 0 Å². The molecule has 1 aliphatic heterocycles. The van der Waals surface area contributed by atoms with Crippen LogP contribution < -0.4 is 10.6 Å². The number of fused-ring (bicyclic) bond motifs is 1. The molecule has 10 nitrogen and oxygen atoms in total. The number of hydrogen-bond donors (Lipinski definition) is 5. The lowest BCUT2D eigenvalue weighted by atomic mass is 9.98. The Morgan fingerprint density at radius 2 is 1.84 bits per heavy atom. The van der Waals surface area contributed by atoms with Gasteiger partial charge in [0, 0.05) is 30.1 Å². The van der Waals surface area contributed by atoms with Crippen molar-refractivity contribution in [1.29, 1.82) is 0 Å². The first kappa shape index (κ1) is 25.3. The first-order valence-corrected chi connectivity index (χ1v) is 10.6. The summed E-state index contributed by atoms with van der Waals surface area (Å²) in [7, 11) is 0. The lowest BCUT2D eigenvalue weighted by molar-refractivity contribution is -0.159. The number of nitrogens with one attached hydrogen (secondary N) is 2. The van der Waals surface area contributed by atoms with Crippen molar-refractivity contribution in [2.24, 2.45) is 0 Å². The Morgan fingerprint density at radius 3 is 2.41 bits per heavy atom. The lowest BCUT2D eigenvalue weighted by Crippen LogP contribution is -2.36. The van der Waals surface area contributed by atoms with E-state index in [4.69, 9.17) is 19.8 Å². The average Bonchev–Trinajstić information content (AvgIpc) is 3.30. The van der Waals surface area contributed by atoms with Gasteiger partial charge in [0.15, 0.2) is 5.69 Å². The van der Waals surface area contributed by atoms with Gasteiger partial charge in [-0.1, -0.05) is 18.2 Å². The summed E-state index contributed by atoms with van der Waals surface area (Å²) in [4.78, 5) is 31.0. The molecule has 2 atom stereocenters. The Morgan fingerprint density at radius 1 is 1.22 bits per heavy atom. The maximum Gasteiger partial charge on any atom is 0.414 e. The third kappa shape index (κ3) is 7.03. The van der Waals surface area contributed by atoms with E-state index in [1.165, 1.54) is 0 Å². The van der Waals surface area contributed by atoms with Gasteiger partial charge in [-0.2, -0.15) is 5.10 Å². The van der Waals surface area contributed by atoms with E-state index in [0.29, 0.717) is 11.7 Å². The SMILES string of the molecule is CC(C)n1nc(C(=O)N[C@@H]2CN[C@H](CCC(C)(C)O)C2)c2ccccc21.O=C(O)C(=O)O. The van der Waals surface area contributed by atoms with Gasteiger partial charge in [0.2, 0.25) is 0 Å². The highest BCUT2D eigenvalue weighted by Gasteiger charge is 2.28. The second-order valence-corrected chi connectivity index (χ2v) is 8.88. The third-order valence-electron chi connectivity index (χ3n) is 5.16. The number of para-hydroxylation sites is 1. The van der Waals surface area contributed by atoms with Gasteiger partial charge >= 0.3 is 11.9 Å². The number of aliphatic carboxylic acids is 2. The van der Waals surface area contributed by atoms with E-state index in [9.17, 15) is 9.90 Å². The molecule has 10 heteroatoms. The molecule has 0 spiro atoms. The predicted molar refractivity (Wildman–Crippen MR) is 119 cm³/mol. The second kappa shape index (κ2) is 10.6. The number of aliphatic hydroxyl groups is 1. The Balaban J connectivity index is 0.000000534. The molecule has 5 N–H and O–H groups in total. The zero-order valence-corrected chi connectivity index (χ0v) is 18.8. The van der Waals surface area contributed by atoms with Gasteiger partial charge in [-0.05, 0) is 53.0 Å². The lowest BCUT2D eigenvalue weighted by Gasteiger charge is -2.19. The molecule has 3 rings (SSSR count). The third-order valence-corrected chi connectivity index (χ3v) is 5.16. The zero-order valence-electron chi connectivity index (χ0n) is 18.8. The molecule has 0 aliphatic carbocycles. The predicted octanol–water partition coefficient (Wildman–Crippen LogP) is 1.78. The molecule has 1 fully saturated rings. The highest BCUT2D eigenvalue weighted by atomic mass is 16.4. The van der Waals surface area contributed by atoms with E-state index >= 15 is 0 Å². The monoisotopic (exact) mass is 448 g/mol. The summed E-state index contributed by atoms with van der Waals surface area (Å²) < 4.78 is 1.91. The van der Waals surface area contributed by atoms with E-state index in [1.807, 2.05) is 42.8 Å². The van der Waals surface area contributed by atoms with Crippen LogP contribution in [0.5, 0.6) is 0 Å². The van der Waals surface area contributed by atoms with Crippen LogP contribution >= 0.6 is 0 Å². The van der Waals surface area contributed by atoms with Gasteiger partial charge in [0.1, 0.15) is 0 Å². The average molecular weight is 449 g/mol. The first-order chi connectivity index (χ1) is 14.9. The first-order valence-electron chi connectivity index (χ1n) is 10.6. The quantitative estimate of drug-likeness (QED) is 0.419. The summed E-state index contributed by atoms with van der Waals surface area (Å²) in [5.74, 6) is -3.76.